The van der Waals surface area contributed by atoms with Gasteiger partial charge >= 0.3 is 0 Å². The lowest BCUT2D eigenvalue weighted by Crippen LogP contribution is -2.30. The van der Waals surface area contributed by atoms with E-state index in [1.165, 1.54) is 28.6 Å². The second-order valence-electron chi connectivity index (χ2n) is 5.98. The molecule has 0 radical (unpaired) electrons. The maximum atomic E-state index is 12.5. The van der Waals surface area contributed by atoms with Crippen molar-refractivity contribution in [1.82, 2.24) is 9.29 Å². The van der Waals surface area contributed by atoms with Crippen LogP contribution >= 0.6 is 0 Å². The van der Waals surface area contributed by atoms with Crippen molar-refractivity contribution in [2.45, 2.75) is 25.7 Å². The lowest BCUT2D eigenvalue weighted by molar-refractivity contribution is 0.102. The highest BCUT2D eigenvalue weighted by atomic mass is 32.2. The zero-order valence-corrected chi connectivity index (χ0v) is 16.2. The van der Waals surface area contributed by atoms with Crippen LogP contribution in [0.25, 0.3) is 11.1 Å². The van der Waals surface area contributed by atoms with Crippen molar-refractivity contribution in [3.63, 3.8) is 0 Å². The minimum Gasteiger partial charge on any atom is -0.441 e. The lowest BCUT2D eigenvalue weighted by Gasteiger charge is -2.18. The molecule has 0 aliphatic rings. The number of fused-ring (bicyclic) bond motifs is 1. The van der Waals surface area contributed by atoms with Crippen molar-refractivity contribution in [2.75, 3.05) is 18.4 Å². The molecule has 1 heterocycles. The summed E-state index contributed by atoms with van der Waals surface area (Å²) in [7, 11) is -3.54. The van der Waals surface area contributed by atoms with E-state index in [0.29, 0.717) is 41.3 Å². The number of benzene rings is 2. The van der Waals surface area contributed by atoms with E-state index in [4.69, 9.17) is 4.42 Å². The number of anilines is 1. The monoisotopic (exact) mass is 387 g/mol. The Kier molecular flexibility index (Phi) is 5.29. The molecule has 3 rings (SSSR count). The number of hydrogen-bond acceptors (Lipinski definition) is 5. The average molecular weight is 387 g/mol. The summed E-state index contributed by atoms with van der Waals surface area (Å²) in [6.45, 7) is 6.12. The molecule has 3 aromatic rings. The van der Waals surface area contributed by atoms with Gasteiger partial charge in [-0.25, -0.2) is 13.4 Å². The number of carbonyl (C=O) groups is 1. The van der Waals surface area contributed by atoms with Crippen LogP contribution < -0.4 is 5.32 Å². The standard InChI is InChI=1S/C19H21N3O4S/c1-4-22(5-2)27(24,25)16-9-6-14(7-10-16)19(23)21-15-8-11-18-17(12-15)20-13(3)26-18/h6-12H,4-5H2,1-3H3,(H,21,23). The Hall–Kier alpha value is -2.71. The SMILES string of the molecule is CCN(CC)S(=O)(=O)c1ccc(C(=O)Nc2ccc3oc(C)nc3c2)cc1. The summed E-state index contributed by atoms with van der Waals surface area (Å²) >= 11 is 0. The molecule has 8 heteroatoms. The predicted molar refractivity (Wildman–Crippen MR) is 103 cm³/mol. The first-order valence-corrected chi connectivity index (χ1v) is 10.1. The van der Waals surface area contributed by atoms with Gasteiger partial charge in [0.2, 0.25) is 10.0 Å². The number of carbonyl (C=O) groups excluding carboxylic acids is 1. The van der Waals surface area contributed by atoms with E-state index < -0.39 is 10.0 Å². The van der Waals surface area contributed by atoms with Crippen LogP contribution in [-0.4, -0.2) is 36.7 Å². The number of oxazole rings is 1. The van der Waals surface area contributed by atoms with Crippen LogP contribution in [0.1, 0.15) is 30.1 Å². The minimum atomic E-state index is -3.54. The third-order valence-electron chi connectivity index (χ3n) is 4.21. The third kappa shape index (κ3) is 3.86. The fraction of sp³-hybridized carbons (Fsp3) is 0.263. The second kappa shape index (κ2) is 7.50. The molecule has 0 saturated carbocycles. The van der Waals surface area contributed by atoms with Gasteiger partial charge in [-0.1, -0.05) is 13.8 Å². The highest BCUT2D eigenvalue weighted by Crippen LogP contribution is 2.21. The molecule has 0 spiro atoms. The molecule has 0 saturated heterocycles. The quantitative estimate of drug-likeness (QED) is 0.700. The first-order valence-electron chi connectivity index (χ1n) is 8.64. The molecule has 0 aliphatic heterocycles. The van der Waals surface area contributed by atoms with Crippen LogP contribution in [0.2, 0.25) is 0 Å². The fourth-order valence-electron chi connectivity index (χ4n) is 2.81. The Morgan fingerprint density at radius 2 is 1.78 bits per heavy atom. The van der Waals surface area contributed by atoms with Crippen LogP contribution in [0, 0.1) is 6.92 Å². The Balaban J connectivity index is 1.78. The fourth-order valence-corrected chi connectivity index (χ4v) is 4.27. The topological polar surface area (TPSA) is 92.5 Å². The third-order valence-corrected chi connectivity index (χ3v) is 6.28. The average Bonchev–Trinajstić information content (AvgIpc) is 3.02. The van der Waals surface area contributed by atoms with E-state index >= 15 is 0 Å². The summed E-state index contributed by atoms with van der Waals surface area (Å²) in [6, 6.07) is 11.1. The number of amides is 1. The van der Waals surface area contributed by atoms with Gasteiger partial charge in [0.05, 0.1) is 4.90 Å². The first-order chi connectivity index (χ1) is 12.8. The second-order valence-corrected chi connectivity index (χ2v) is 7.92. The Morgan fingerprint density at radius 3 is 2.41 bits per heavy atom. The van der Waals surface area contributed by atoms with Gasteiger partial charge in [0.1, 0.15) is 5.52 Å². The molecule has 0 bridgehead atoms. The highest BCUT2D eigenvalue weighted by Gasteiger charge is 2.21. The van der Waals surface area contributed by atoms with Gasteiger partial charge in [0.15, 0.2) is 11.5 Å². The molecule has 0 unspecified atom stereocenters. The maximum Gasteiger partial charge on any atom is 0.255 e. The molecule has 2 aromatic carbocycles. The number of aromatic nitrogens is 1. The molecular weight excluding hydrogens is 366 g/mol. The molecular formula is C19H21N3O4S. The lowest BCUT2D eigenvalue weighted by atomic mass is 10.2. The summed E-state index contributed by atoms with van der Waals surface area (Å²) in [5.74, 6) is 0.222. The minimum absolute atomic E-state index is 0.169. The van der Waals surface area contributed by atoms with Crippen molar-refractivity contribution in [2.24, 2.45) is 0 Å². The van der Waals surface area contributed by atoms with Gasteiger partial charge in [-0.05, 0) is 42.5 Å². The molecule has 1 amide bonds. The van der Waals surface area contributed by atoms with Crippen molar-refractivity contribution in [1.29, 1.82) is 0 Å². The molecule has 0 fully saturated rings. The van der Waals surface area contributed by atoms with E-state index in [0.717, 1.165) is 0 Å². The molecule has 1 N–H and O–H groups in total. The smallest absolute Gasteiger partial charge is 0.255 e. The number of rotatable bonds is 6. The summed E-state index contributed by atoms with van der Waals surface area (Å²) < 4.78 is 31.8. The van der Waals surface area contributed by atoms with Gasteiger partial charge in [0.25, 0.3) is 5.91 Å². The Morgan fingerprint density at radius 1 is 1.11 bits per heavy atom. The van der Waals surface area contributed by atoms with E-state index in [1.54, 1.807) is 39.0 Å². The molecule has 0 atom stereocenters. The maximum absolute atomic E-state index is 12.5. The molecule has 0 aliphatic carbocycles. The van der Waals surface area contributed by atoms with Gasteiger partial charge in [-0.15, -0.1) is 0 Å². The predicted octanol–water partition coefficient (Wildman–Crippen LogP) is 3.42. The van der Waals surface area contributed by atoms with Crippen LogP contribution in [0.15, 0.2) is 51.8 Å². The van der Waals surface area contributed by atoms with Crippen LogP contribution in [-0.2, 0) is 10.0 Å². The molecule has 27 heavy (non-hydrogen) atoms. The first kappa shape index (κ1) is 19.1. The Labute approximate surface area is 158 Å². The Bertz CT molecular complexity index is 1070. The van der Waals surface area contributed by atoms with Crippen molar-refractivity contribution >= 4 is 32.7 Å². The van der Waals surface area contributed by atoms with E-state index in [-0.39, 0.29) is 10.8 Å². The number of nitrogens with one attached hydrogen (secondary N) is 1. The molecule has 1 aromatic heterocycles. The summed E-state index contributed by atoms with van der Waals surface area (Å²) in [4.78, 5) is 16.9. The van der Waals surface area contributed by atoms with Crippen molar-refractivity contribution in [3.8, 4) is 0 Å². The summed E-state index contributed by atoms with van der Waals surface area (Å²) in [6.07, 6.45) is 0. The van der Waals surface area contributed by atoms with Crippen molar-refractivity contribution < 1.29 is 17.6 Å². The van der Waals surface area contributed by atoms with Crippen molar-refractivity contribution in [3.05, 3.63) is 53.9 Å². The molecule has 7 nitrogen and oxygen atoms in total. The summed E-state index contributed by atoms with van der Waals surface area (Å²) in [5, 5.41) is 2.78. The number of sulfonamides is 1. The van der Waals surface area contributed by atoms with E-state index in [2.05, 4.69) is 10.3 Å². The highest BCUT2D eigenvalue weighted by molar-refractivity contribution is 7.89. The normalized spacial score (nSPS) is 11.9. The number of nitrogens with zero attached hydrogens (tertiary/aromatic N) is 2. The number of hydrogen-bond donors (Lipinski definition) is 1. The zero-order valence-electron chi connectivity index (χ0n) is 15.4. The van der Waals surface area contributed by atoms with Gasteiger partial charge in [0, 0.05) is 31.3 Å². The van der Waals surface area contributed by atoms with Crippen LogP contribution in [0.3, 0.4) is 0 Å². The van der Waals surface area contributed by atoms with E-state index in [1.807, 2.05) is 0 Å². The van der Waals surface area contributed by atoms with Gasteiger partial charge in [-0.3, -0.25) is 4.79 Å². The van der Waals surface area contributed by atoms with Crippen LogP contribution in [0.5, 0.6) is 0 Å². The van der Waals surface area contributed by atoms with E-state index in [9.17, 15) is 13.2 Å². The van der Waals surface area contributed by atoms with Gasteiger partial charge in [-0.2, -0.15) is 4.31 Å². The number of aryl methyl sites for hydroxylation is 1. The largest absolute Gasteiger partial charge is 0.441 e. The summed E-state index contributed by atoms with van der Waals surface area (Å²) in [5.41, 5.74) is 2.26. The van der Waals surface area contributed by atoms with Crippen LogP contribution in [0.4, 0.5) is 5.69 Å². The van der Waals surface area contributed by atoms with Gasteiger partial charge < -0.3 is 9.73 Å². The molecule has 142 valence electrons. The zero-order chi connectivity index (χ0) is 19.6.